The van der Waals surface area contributed by atoms with Crippen LogP contribution in [0.5, 0.6) is 23.0 Å². The van der Waals surface area contributed by atoms with E-state index in [1.807, 2.05) is 24.3 Å². The number of fused-ring (bicyclic) bond motifs is 2. The van der Waals surface area contributed by atoms with Crippen LogP contribution in [0.3, 0.4) is 0 Å². The molecule has 2 aromatic rings. The van der Waals surface area contributed by atoms with E-state index in [-0.39, 0.29) is 13.2 Å². The third-order valence-electron chi connectivity index (χ3n) is 3.66. The van der Waals surface area contributed by atoms with Crippen LogP contribution in [0.2, 0.25) is 0 Å². The van der Waals surface area contributed by atoms with Gasteiger partial charge in [0.15, 0.2) is 23.0 Å². The maximum atomic E-state index is 11.6. The molecule has 0 N–H and O–H groups in total. The molecule has 0 amide bonds. The molecule has 0 bridgehead atoms. The summed E-state index contributed by atoms with van der Waals surface area (Å²) in [6.07, 6.45) is 0.846. The predicted octanol–water partition coefficient (Wildman–Crippen LogP) is 2.65. The van der Waals surface area contributed by atoms with Crippen LogP contribution in [0.15, 0.2) is 48.5 Å². The Hall–Kier alpha value is -2.45. The molecule has 0 spiro atoms. The summed E-state index contributed by atoms with van der Waals surface area (Å²) in [4.78, 5) is 0. The SMILES string of the molecule is CS(=O)(=O)OC1COc2ccccc2OCCCOc2ccccc2OC1. The highest BCUT2D eigenvalue weighted by molar-refractivity contribution is 7.86. The van der Waals surface area contributed by atoms with Crippen LogP contribution in [0, 0.1) is 0 Å². The van der Waals surface area contributed by atoms with Gasteiger partial charge in [-0.2, -0.15) is 8.42 Å². The summed E-state index contributed by atoms with van der Waals surface area (Å²) in [5, 5.41) is 0. The fraction of sp³-hybridized carbons (Fsp3) is 0.368. The minimum atomic E-state index is -3.68. The minimum Gasteiger partial charge on any atom is -0.490 e. The van der Waals surface area contributed by atoms with Gasteiger partial charge in [-0.3, -0.25) is 4.18 Å². The van der Waals surface area contributed by atoms with Crippen molar-refractivity contribution in [3.8, 4) is 23.0 Å². The Balaban J connectivity index is 1.81. The van der Waals surface area contributed by atoms with Gasteiger partial charge in [-0.05, 0) is 24.3 Å². The molecule has 0 aromatic heterocycles. The third-order valence-corrected chi connectivity index (χ3v) is 4.28. The molecule has 8 heteroatoms. The Morgan fingerprint density at radius 3 is 1.59 bits per heavy atom. The number of para-hydroxylation sites is 4. The van der Waals surface area contributed by atoms with Gasteiger partial charge in [0.25, 0.3) is 10.1 Å². The Morgan fingerprint density at radius 1 is 0.778 bits per heavy atom. The lowest BCUT2D eigenvalue weighted by Gasteiger charge is -2.21. The lowest BCUT2D eigenvalue weighted by atomic mass is 10.3. The van der Waals surface area contributed by atoms with Crippen molar-refractivity contribution in [3.05, 3.63) is 48.5 Å². The number of hydrogen-bond donors (Lipinski definition) is 0. The molecule has 0 saturated carbocycles. The van der Waals surface area contributed by atoms with Gasteiger partial charge < -0.3 is 18.9 Å². The van der Waals surface area contributed by atoms with Crippen molar-refractivity contribution in [2.75, 3.05) is 32.7 Å². The molecular formula is C19H22O7S. The average Bonchev–Trinajstić information content (AvgIpc) is 2.64. The molecular weight excluding hydrogens is 372 g/mol. The van der Waals surface area contributed by atoms with E-state index in [2.05, 4.69) is 0 Å². The lowest BCUT2D eigenvalue weighted by molar-refractivity contribution is 0.0825. The molecule has 1 heterocycles. The van der Waals surface area contributed by atoms with Gasteiger partial charge in [-0.25, -0.2) is 0 Å². The monoisotopic (exact) mass is 394 g/mol. The predicted molar refractivity (Wildman–Crippen MR) is 99.2 cm³/mol. The smallest absolute Gasteiger partial charge is 0.264 e. The first-order chi connectivity index (χ1) is 13.0. The van der Waals surface area contributed by atoms with Crippen LogP contribution in [0.25, 0.3) is 0 Å². The lowest BCUT2D eigenvalue weighted by Crippen LogP contribution is -2.31. The summed E-state index contributed by atoms with van der Waals surface area (Å²) in [5.41, 5.74) is 0. The topological polar surface area (TPSA) is 80.3 Å². The Labute approximate surface area is 158 Å². The summed E-state index contributed by atoms with van der Waals surface area (Å²) < 4.78 is 51.3. The van der Waals surface area contributed by atoms with Crippen molar-refractivity contribution in [2.24, 2.45) is 0 Å². The molecule has 0 aliphatic carbocycles. The van der Waals surface area contributed by atoms with Gasteiger partial charge in [-0.1, -0.05) is 24.3 Å². The van der Waals surface area contributed by atoms with Crippen molar-refractivity contribution >= 4 is 10.1 Å². The van der Waals surface area contributed by atoms with Crippen LogP contribution in [-0.2, 0) is 14.3 Å². The van der Waals surface area contributed by atoms with Gasteiger partial charge in [0, 0.05) is 6.42 Å². The number of hydrogen-bond acceptors (Lipinski definition) is 7. The van der Waals surface area contributed by atoms with E-state index in [0.29, 0.717) is 42.6 Å². The van der Waals surface area contributed by atoms with E-state index in [4.69, 9.17) is 23.1 Å². The highest BCUT2D eigenvalue weighted by Gasteiger charge is 2.20. The summed E-state index contributed by atoms with van der Waals surface area (Å²) in [6, 6.07) is 14.4. The van der Waals surface area contributed by atoms with Crippen molar-refractivity contribution in [3.63, 3.8) is 0 Å². The second-order valence-corrected chi connectivity index (χ2v) is 7.59. The van der Waals surface area contributed by atoms with Crippen molar-refractivity contribution in [1.29, 1.82) is 0 Å². The Kier molecular flexibility index (Phi) is 6.41. The van der Waals surface area contributed by atoms with E-state index < -0.39 is 16.2 Å². The molecule has 0 atom stereocenters. The summed E-state index contributed by atoms with van der Waals surface area (Å²) in [5.74, 6) is 2.18. The summed E-state index contributed by atoms with van der Waals surface area (Å²) >= 11 is 0. The van der Waals surface area contributed by atoms with Crippen LogP contribution in [0.4, 0.5) is 0 Å². The van der Waals surface area contributed by atoms with E-state index >= 15 is 0 Å². The normalized spacial score (nSPS) is 16.3. The number of rotatable bonds is 2. The molecule has 0 saturated heterocycles. The van der Waals surface area contributed by atoms with Gasteiger partial charge in [-0.15, -0.1) is 0 Å². The van der Waals surface area contributed by atoms with E-state index in [0.717, 1.165) is 6.26 Å². The molecule has 1 aliphatic rings. The van der Waals surface area contributed by atoms with Crippen LogP contribution in [0.1, 0.15) is 6.42 Å². The van der Waals surface area contributed by atoms with Gasteiger partial charge >= 0.3 is 0 Å². The van der Waals surface area contributed by atoms with Crippen molar-refractivity contribution in [1.82, 2.24) is 0 Å². The first kappa shape index (κ1) is 19.3. The van der Waals surface area contributed by atoms with Crippen LogP contribution >= 0.6 is 0 Å². The Morgan fingerprint density at radius 2 is 1.19 bits per heavy atom. The molecule has 3 rings (SSSR count). The molecule has 146 valence electrons. The van der Waals surface area contributed by atoms with E-state index in [1.54, 1.807) is 24.3 Å². The van der Waals surface area contributed by atoms with E-state index in [1.165, 1.54) is 0 Å². The number of benzene rings is 2. The number of ether oxygens (including phenoxy) is 4. The molecule has 1 aliphatic heterocycles. The maximum Gasteiger partial charge on any atom is 0.264 e. The zero-order valence-corrected chi connectivity index (χ0v) is 15.8. The highest BCUT2D eigenvalue weighted by atomic mass is 32.2. The molecule has 27 heavy (non-hydrogen) atoms. The molecule has 2 aromatic carbocycles. The second kappa shape index (κ2) is 8.96. The summed E-state index contributed by atoms with van der Waals surface area (Å²) in [7, 11) is -3.68. The van der Waals surface area contributed by atoms with Gasteiger partial charge in [0.2, 0.25) is 0 Å². The first-order valence-corrected chi connectivity index (χ1v) is 10.4. The first-order valence-electron chi connectivity index (χ1n) is 8.59. The van der Waals surface area contributed by atoms with Gasteiger partial charge in [0.1, 0.15) is 19.3 Å². The summed E-state index contributed by atoms with van der Waals surface area (Å²) in [6.45, 7) is 0.867. The zero-order chi connectivity index (χ0) is 19.1. The van der Waals surface area contributed by atoms with Crippen LogP contribution < -0.4 is 18.9 Å². The third kappa shape index (κ3) is 6.04. The highest BCUT2D eigenvalue weighted by Crippen LogP contribution is 2.29. The quantitative estimate of drug-likeness (QED) is 0.725. The Bertz CT molecular complexity index is 797. The molecule has 0 radical (unpaired) electrons. The minimum absolute atomic E-state index is 0.0174. The zero-order valence-electron chi connectivity index (χ0n) is 15.0. The fourth-order valence-corrected chi connectivity index (χ4v) is 3.12. The van der Waals surface area contributed by atoms with Crippen molar-refractivity contribution < 1.29 is 31.5 Å². The average molecular weight is 394 g/mol. The molecule has 0 unspecified atom stereocenters. The van der Waals surface area contributed by atoms with Crippen molar-refractivity contribution in [2.45, 2.75) is 12.5 Å². The molecule has 7 nitrogen and oxygen atoms in total. The maximum absolute atomic E-state index is 11.6. The largest absolute Gasteiger partial charge is 0.490 e. The van der Waals surface area contributed by atoms with Gasteiger partial charge in [0.05, 0.1) is 19.5 Å². The van der Waals surface area contributed by atoms with Crippen LogP contribution in [-0.4, -0.2) is 47.2 Å². The second-order valence-electron chi connectivity index (χ2n) is 5.99. The van der Waals surface area contributed by atoms with E-state index in [9.17, 15) is 8.42 Å². The fourth-order valence-electron chi connectivity index (χ4n) is 2.52. The molecule has 0 fully saturated rings. The standard InChI is InChI=1S/C19H22O7S/c1-27(20,21)26-15-13-24-18-9-4-2-7-16(18)22-11-6-12-23-17-8-3-5-10-19(17)25-14-15/h2-5,7-10,15H,6,11-14H2,1H3.